The molecule has 0 aliphatic rings. The maximum Gasteiger partial charge on any atom is 0.338 e. The van der Waals surface area contributed by atoms with E-state index in [1.54, 1.807) is 18.2 Å². The zero-order chi connectivity index (χ0) is 13.0. The van der Waals surface area contributed by atoms with E-state index in [0.717, 1.165) is 0 Å². The number of aromatic nitrogens is 3. The van der Waals surface area contributed by atoms with Gasteiger partial charge in [0.15, 0.2) is 0 Å². The number of hydrogen-bond donors (Lipinski definition) is 1. The van der Waals surface area contributed by atoms with Crippen molar-refractivity contribution in [1.29, 1.82) is 0 Å². The highest BCUT2D eigenvalue weighted by molar-refractivity contribution is 7.71. The Labute approximate surface area is 108 Å². The molecule has 1 heterocycles. The zero-order valence-electron chi connectivity index (χ0n) is 9.53. The van der Waals surface area contributed by atoms with Gasteiger partial charge in [-0.25, -0.2) is 4.79 Å². The molecule has 1 N–H and O–H groups in total. The lowest BCUT2D eigenvalue weighted by atomic mass is 10.1. The fourth-order valence-electron chi connectivity index (χ4n) is 1.35. The molecule has 0 fully saturated rings. The summed E-state index contributed by atoms with van der Waals surface area (Å²) in [6.07, 6.45) is 2.97. The number of carbonyl (C=O) groups excluding carboxylic acids is 1. The predicted molar refractivity (Wildman–Crippen MR) is 68.2 cm³/mol. The van der Waals surface area contributed by atoms with Crippen LogP contribution in [0.3, 0.4) is 0 Å². The summed E-state index contributed by atoms with van der Waals surface area (Å²) in [7, 11) is 1.34. The van der Waals surface area contributed by atoms with Crippen LogP contribution in [-0.2, 0) is 4.74 Å². The molecule has 7 heteroatoms. The van der Waals surface area contributed by atoms with Crippen molar-refractivity contribution in [1.82, 2.24) is 14.9 Å². The third-order valence-electron chi connectivity index (χ3n) is 2.22. The lowest BCUT2D eigenvalue weighted by molar-refractivity contribution is 0.0600. The third-order valence-corrected chi connectivity index (χ3v) is 2.50. The van der Waals surface area contributed by atoms with Crippen LogP contribution >= 0.6 is 12.2 Å². The maximum absolute atomic E-state index is 11.5. The average Bonchev–Trinajstić information content (AvgIpc) is 2.81. The van der Waals surface area contributed by atoms with Crippen LogP contribution in [0.15, 0.2) is 35.7 Å². The molecule has 0 radical (unpaired) electrons. The van der Waals surface area contributed by atoms with Crippen molar-refractivity contribution in [3.05, 3.63) is 46.5 Å². The van der Waals surface area contributed by atoms with Gasteiger partial charge in [-0.3, -0.25) is 5.10 Å². The van der Waals surface area contributed by atoms with E-state index in [1.165, 1.54) is 24.3 Å². The fourth-order valence-corrected chi connectivity index (χ4v) is 1.50. The van der Waals surface area contributed by atoms with Gasteiger partial charge in [-0.1, -0.05) is 18.2 Å². The van der Waals surface area contributed by atoms with Crippen molar-refractivity contribution in [3.63, 3.8) is 0 Å². The van der Waals surface area contributed by atoms with Gasteiger partial charge in [-0.05, 0) is 18.3 Å². The molecular weight excluding hydrogens is 252 g/mol. The first-order valence-electron chi connectivity index (χ1n) is 5.06. The zero-order valence-corrected chi connectivity index (χ0v) is 10.3. The smallest absolute Gasteiger partial charge is 0.338 e. The van der Waals surface area contributed by atoms with E-state index in [1.807, 2.05) is 6.07 Å². The van der Waals surface area contributed by atoms with Crippen LogP contribution in [0.1, 0.15) is 15.9 Å². The number of benzene rings is 1. The van der Waals surface area contributed by atoms with E-state index in [0.29, 0.717) is 15.9 Å². The number of H-pyrrole nitrogens is 1. The first-order chi connectivity index (χ1) is 8.72. The van der Waals surface area contributed by atoms with E-state index in [9.17, 15) is 4.79 Å². The van der Waals surface area contributed by atoms with E-state index in [4.69, 9.17) is 17.0 Å². The second-order valence-electron chi connectivity index (χ2n) is 3.33. The Morgan fingerprint density at radius 3 is 3.00 bits per heavy atom. The van der Waals surface area contributed by atoms with Crippen LogP contribution < -0.4 is 0 Å². The van der Waals surface area contributed by atoms with Crippen LogP contribution in [0.2, 0.25) is 0 Å². The van der Waals surface area contributed by atoms with Gasteiger partial charge >= 0.3 is 5.97 Å². The molecule has 0 aliphatic heterocycles. The molecule has 0 spiro atoms. The second kappa shape index (κ2) is 5.37. The maximum atomic E-state index is 11.5. The molecule has 0 unspecified atom stereocenters. The largest absolute Gasteiger partial charge is 0.465 e. The minimum Gasteiger partial charge on any atom is -0.465 e. The topological polar surface area (TPSA) is 72.3 Å². The highest BCUT2D eigenvalue weighted by Crippen LogP contribution is 2.07. The molecule has 92 valence electrons. The molecule has 1 aromatic heterocycles. The normalized spacial score (nSPS) is 10.7. The first-order valence-corrected chi connectivity index (χ1v) is 5.47. The molecule has 18 heavy (non-hydrogen) atoms. The Kier molecular flexibility index (Phi) is 3.63. The Balaban J connectivity index is 2.35. The van der Waals surface area contributed by atoms with E-state index >= 15 is 0 Å². The molecule has 1 aromatic carbocycles. The Hall–Kier alpha value is -2.28. The number of nitrogens with one attached hydrogen (secondary N) is 1. The van der Waals surface area contributed by atoms with Crippen molar-refractivity contribution in [2.45, 2.75) is 0 Å². The summed E-state index contributed by atoms with van der Waals surface area (Å²) in [5, 5.41) is 10.4. The van der Waals surface area contributed by atoms with Crippen LogP contribution in [0, 0.1) is 4.77 Å². The lowest BCUT2D eigenvalue weighted by Crippen LogP contribution is -2.05. The summed E-state index contributed by atoms with van der Waals surface area (Å²) in [5.74, 6) is -0.409. The number of ether oxygens (including phenoxy) is 1. The minimum atomic E-state index is -0.409. The Bertz CT molecular complexity index is 644. The van der Waals surface area contributed by atoms with Gasteiger partial charge in [-0.15, -0.1) is 0 Å². The van der Waals surface area contributed by atoms with Crippen molar-refractivity contribution in [3.8, 4) is 0 Å². The third kappa shape index (κ3) is 2.51. The number of methoxy groups -OCH3 is 1. The van der Waals surface area contributed by atoms with Crippen molar-refractivity contribution < 1.29 is 9.53 Å². The Morgan fingerprint density at radius 2 is 2.33 bits per heavy atom. The van der Waals surface area contributed by atoms with Gasteiger partial charge in [0.25, 0.3) is 0 Å². The predicted octanol–water partition coefficient (Wildman–Crippen LogP) is 1.61. The van der Waals surface area contributed by atoms with Gasteiger partial charge in [0.05, 0.1) is 18.9 Å². The van der Waals surface area contributed by atoms with Crippen molar-refractivity contribution >= 4 is 24.4 Å². The molecule has 0 amide bonds. The number of nitrogens with zero attached hydrogens (tertiary/aromatic N) is 3. The molecule has 0 atom stereocenters. The molecule has 2 rings (SSSR count). The molecule has 0 bridgehead atoms. The first kappa shape index (κ1) is 12.2. The van der Waals surface area contributed by atoms with Gasteiger partial charge in [-0.2, -0.15) is 14.9 Å². The number of rotatable bonds is 3. The molecule has 0 aliphatic carbocycles. The fraction of sp³-hybridized carbons (Fsp3) is 0.0909. The van der Waals surface area contributed by atoms with Gasteiger partial charge in [0.2, 0.25) is 4.77 Å². The molecule has 2 aromatic rings. The number of hydrogen-bond acceptors (Lipinski definition) is 5. The second-order valence-corrected chi connectivity index (χ2v) is 3.72. The summed E-state index contributed by atoms with van der Waals surface area (Å²) in [4.78, 5) is 11.5. The van der Waals surface area contributed by atoms with Gasteiger partial charge in [0, 0.05) is 5.56 Å². The molecule has 6 nitrogen and oxygen atoms in total. The molecular formula is C11H10N4O2S. The van der Waals surface area contributed by atoms with Crippen LogP contribution in [0.4, 0.5) is 0 Å². The minimum absolute atomic E-state index is 0.377. The lowest BCUT2D eigenvalue weighted by Gasteiger charge is -2.02. The number of aromatic amines is 1. The Morgan fingerprint density at radius 1 is 1.56 bits per heavy atom. The summed E-state index contributed by atoms with van der Waals surface area (Å²) in [6.45, 7) is 0. The van der Waals surface area contributed by atoms with Gasteiger partial charge < -0.3 is 4.74 Å². The highest BCUT2D eigenvalue weighted by atomic mass is 32.1. The van der Waals surface area contributed by atoms with Crippen molar-refractivity contribution in [2.75, 3.05) is 7.11 Å². The standard InChI is InChI=1S/C11H10N4O2S/c1-17-10(16)9-5-3-2-4-8(9)6-13-15-7-12-14-11(15)18/h2-7H,1H3,(H,14,18)/b13-6-. The molecule has 0 saturated heterocycles. The highest BCUT2D eigenvalue weighted by Gasteiger charge is 2.08. The summed E-state index contributed by atoms with van der Waals surface area (Å²) in [6, 6.07) is 7.00. The quantitative estimate of drug-likeness (QED) is 0.518. The monoisotopic (exact) mass is 262 g/mol. The van der Waals surface area contributed by atoms with E-state index in [2.05, 4.69) is 15.3 Å². The summed E-state index contributed by atoms with van der Waals surface area (Å²) >= 11 is 4.95. The summed E-state index contributed by atoms with van der Waals surface area (Å²) < 4.78 is 6.46. The van der Waals surface area contributed by atoms with Crippen molar-refractivity contribution in [2.24, 2.45) is 5.10 Å². The summed E-state index contributed by atoms with van der Waals surface area (Å²) in [5.41, 5.74) is 1.09. The number of esters is 1. The molecule has 0 saturated carbocycles. The number of carbonyl (C=O) groups is 1. The van der Waals surface area contributed by atoms with Crippen LogP contribution in [0.5, 0.6) is 0 Å². The van der Waals surface area contributed by atoms with Gasteiger partial charge in [0.1, 0.15) is 6.33 Å². The van der Waals surface area contributed by atoms with E-state index in [-0.39, 0.29) is 0 Å². The average molecular weight is 262 g/mol. The SMILES string of the molecule is COC(=O)c1ccccc1/C=N\n1cn[nH]c1=S. The van der Waals surface area contributed by atoms with E-state index < -0.39 is 5.97 Å². The van der Waals surface area contributed by atoms with Crippen LogP contribution in [0.25, 0.3) is 0 Å². The van der Waals surface area contributed by atoms with Crippen LogP contribution in [-0.4, -0.2) is 34.2 Å².